The van der Waals surface area contributed by atoms with Gasteiger partial charge in [0.1, 0.15) is 0 Å². The summed E-state index contributed by atoms with van der Waals surface area (Å²) in [5.74, 6) is 0. The molecular formula is C10H16NY3-3. The van der Waals surface area contributed by atoms with E-state index in [9.17, 15) is 0 Å². The molecule has 0 atom stereocenters. The molecule has 1 aliphatic heterocycles. The van der Waals surface area contributed by atoms with Crippen LogP contribution in [-0.2, 0) is 98.1 Å². The number of hydrogen-bond donors (Lipinski definition) is 0. The number of rotatable bonds is 0. The molecule has 3 radical (unpaired) electrons. The van der Waals surface area contributed by atoms with E-state index in [1.54, 1.807) is 0 Å². The van der Waals surface area contributed by atoms with E-state index in [2.05, 4.69) is 31.8 Å². The van der Waals surface area contributed by atoms with Crippen LogP contribution in [0.2, 0.25) is 0 Å². The minimum atomic E-state index is 0. The molecule has 1 aliphatic rings. The van der Waals surface area contributed by atoms with Gasteiger partial charge in [-0.25, -0.2) is 6.54 Å². The Balaban J connectivity index is -0.000000125. The Hall–Kier alpha value is 2.46. The molecule has 0 aromatic carbocycles. The zero-order valence-corrected chi connectivity index (χ0v) is 18.0. The van der Waals surface area contributed by atoms with Crippen molar-refractivity contribution in [1.29, 1.82) is 0 Å². The van der Waals surface area contributed by atoms with Crippen molar-refractivity contribution in [2.75, 3.05) is 0 Å². The fourth-order valence-electron chi connectivity index (χ4n) is 0.806. The van der Waals surface area contributed by atoms with Gasteiger partial charge in [0.15, 0.2) is 0 Å². The van der Waals surface area contributed by atoms with Gasteiger partial charge in [0.05, 0.1) is 0 Å². The first-order chi connectivity index (χ1) is 4.61. The van der Waals surface area contributed by atoms with Crippen LogP contribution in [-0.4, -0.2) is 5.71 Å². The first-order valence-electron chi connectivity index (χ1n) is 3.52. The summed E-state index contributed by atoms with van der Waals surface area (Å²) < 4.78 is 0. The Morgan fingerprint density at radius 3 is 1.86 bits per heavy atom. The number of nitrogens with zero attached hydrogens (tertiary/aromatic N) is 1. The molecule has 4 heteroatoms. The van der Waals surface area contributed by atoms with Crippen molar-refractivity contribution in [2.24, 2.45) is 10.4 Å². The summed E-state index contributed by atoms with van der Waals surface area (Å²) in [6, 6.07) is 0. The van der Waals surface area contributed by atoms with Gasteiger partial charge < -0.3 is 12.4 Å². The second-order valence-corrected chi connectivity index (χ2v) is 3.46. The van der Waals surface area contributed by atoms with Crippen LogP contribution in [0.1, 0.15) is 20.8 Å². The molecule has 0 aromatic rings. The molecule has 0 N–H and O–H groups in total. The van der Waals surface area contributed by atoms with Gasteiger partial charge >= 0.3 is 0 Å². The van der Waals surface area contributed by atoms with E-state index in [0.29, 0.717) is 0 Å². The predicted molar refractivity (Wildman–Crippen MR) is 51.0 cm³/mol. The van der Waals surface area contributed by atoms with Crippen molar-refractivity contribution in [3.63, 3.8) is 0 Å². The Bertz CT molecular complexity index is 180. The predicted octanol–water partition coefficient (Wildman–Crippen LogP) is 2.85. The minimum absolute atomic E-state index is 0. The first kappa shape index (κ1) is 25.3. The van der Waals surface area contributed by atoms with Gasteiger partial charge in [-0.1, -0.05) is 26.2 Å². The molecule has 1 rings (SSSR count). The molecule has 0 aromatic heterocycles. The number of allylic oxidation sites excluding steroid dienone is 1. The third-order valence-electron chi connectivity index (χ3n) is 1.43. The zero-order valence-electron chi connectivity index (χ0n) is 9.49. The number of hydrogen-bond acceptors (Lipinski definition) is 1. The van der Waals surface area contributed by atoms with E-state index in [4.69, 9.17) is 0 Å². The van der Waals surface area contributed by atoms with Crippen molar-refractivity contribution >= 4 is 5.71 Å². The van der Waals surface area contributed by atoms with Crippen molar-refractivity contribution < 1.29 is 98.1 Å². The summed E-state index contributed by atoms with van der Waals surface area (Å²) in [7, 11) is 0. The van der Waals surface area contributed by atoms with Crippen LogP contribution in [0, 0.1) is 25.8 Å². The Kier molecular flexibility index (Phi) is 21.6. The zero-order chi connectivity index (χ0) is 7.61. The molecule has 0 aliphatic carbocycles. The van der Waals surface area contributed by atoms with Gasteiger partial charge in [-0.05, 0) is 0 Å². The maximum absolute atomic E-state index is 4.25. The second kappa shape index (κ2) is 11.9. The van der Waals surface area contributed by atoms with Gasteiger partial charge in [-0.3, -0.25) is 18.6 Å². The molecular weight excluding hydrogens is 401 g/mol. The van der Waals surface area contributed by atoms with E-state index in [1.165, 1.54) is 0 Å². The molecule has 0 unspecified atom stereocenters. The number of dihydropyridines is 1. The fraction of sp³-hybridized carbons (Fsp3) is 0.400. The maximum Gasteiger partial charge on any atom is 0 e. The van der Waals surface area contributed by atoms with E-state index >= 15 is 0 Å². The van der Waals surface area contributed by atoms with Gasteiger partial charge in [-0.2, -0.15) is 5.71 Å². The van der Waals surface area contributed by atoms with E-state index in [1.807, 2.05) is 19.0 Å². The fourth-order valence-corrected chi connectivity index (χ4v) is 0.806. The third-order valence-corrected chi connectivity index (χ3v) is 1.43. The summed E-state index contributed by atoms with van der Waals surface area (Å²) in [6.45, 7) is 8.32. The molecule has 1 heterocycles. The van der Waals surface area contributed by atoms with Crippen LogP contribution >= 0.6 is 0 Å². The van der Waals surface area contributed by atoms with Gasteiger partial charge in [0.25, 0.3) is 0 Å². The molecule has 14 heavy (non-hydrogen) atoms. The van der Waals surface area contributed by atoms with Crippen LogP contribution in [0.25, 0.3) is 0 Å². The van der Waals surface area contributed by atoms with E-state index in [0.717, 1.165) is 5.71 Å². The molecule has 0 bridgehead atoms. The summed E-state index contributed by atoms with van der Waals surface area (Å²) in [4.78, 5) is 4.25. The summed E-state index contributed by atoms with van der Waals surface area (Å²) in [5.41, 5.74) is 1.33. The maximum atomic E-state index is 4.25. The van der Waals surface area contributed by atoms with Crippen LogP contribution in [0.5, 0.6) is 0 Å². The Morgan fingerprint density at radius 2 is 1.64 bits per heavy atom. The molecule has 0 spiro atoms. The standard InChI is InChI=1S/C9H13N.CH3.3Y/c1-9(2,3)8-6-4-5-7-10-8;;;;/h4-7H,1-3H3;1H3;;;/q-2;-1;;;. The average molecular weight is 417 g/mol. The topological polar surface area (TPSA) is 12.4 Å². The largest absolute Gasteiger partial charge is 0.483 e. The van der Waals surface area contributed by atoms with Gasteiger partial charge in [0.2, 0.25) is 0 Å². The second-order valence-electron chi connectivity index (χ2n) is 3.46. The molecule has 0 fully saturated rings. The van der Waals surface area contributed by atoms with Crippen LogP contribution in [0.3, 0.4) is 0 Å². The van der Waals surface area contributed by atoms with E-state index < -0.39 is 0 Å². The van der Waals surface area contributed by atoms with Crippen molar-refractivity contribution in [2.45, 2.75) is 20.8 Å². The van der Waals surface area contributed by atoms with Crippen molar-refractivity contribution in [1.82, 2.24) is 0 Å². The monoisotopic (exact) mass is 417 g/mol. The summed E-state index contributed by atoms with van der Waals surface area (Å²) in [5, 5.41) is 0. The number of aliphatic imine (C=N–C) groups is 1. The summed E-state index contributed by atoms with van der Waals surface area (Å²) >= 11 is 0. The summed E-state index contributed by atoms with van der Waals surface area (Å²) in [6.07, 6.45) is 6.02. The van der Waals surface area contributed by atoms with Gasteiger partial charge in [-0.15, -0.1) is 0 Å². The van der Waals surface area contributed by atoms with Crippen LogP contribution in [0.4, 0.5) is 0 Å². The quantitative estimate of drug-likeness (QED) is 0.538. The third kappa shape index (κ3) is 9.67. The SMILES string of the molecule is CC(C)(C)C1=N[CH-][CH-]C=C1.[CH3-].[Y].[Y].[Y]. The van der Waals surface area contributed by atoms with Crippen molar-refractivity contribution in [3.05, 3.63) is 32.5 Å². The minimum Gasteiger partial charge on any atom is -0.483 e. The molecule has 0 saturated heterocycles. The first-order valence-corrected chi connectivity index (χ1v) is 3.52. The molecule has 0 amide bonds. The Morgan fingerprint density at radius 1 is 1.14 bits per heavy atom. The van der Waals surface area contributed by atoms with Crippen LogP contribution < -0.4 is 0 Å². The molecule has 1 nitrogen and oxygen atoms in total. The van der Waals surface area contributed by atoms with Crippen molar-refractivity contribution in [3.8, 4) is 0 Å². The van der Waals surface area contributed by atoms with Crippen LogP contribution in [0.15, 0.2) is 17.1 Å². The smallest absolute Gasteiger partial charge is 0 e. The van der Waals surface area contributed by atoms with E-state index in [-0.39, 0.29) is 111 Å². The molecule has 0 saturated carbocycles. The molecule has 73 valence electrons. The average Bonchev–Trinajstić information content (AvgIpc) is 1.88. The normalized spacial score (nSPS) is 12.4. The van der Waals surface area contributed by atoms with Gasteiger partial charge in [0, 0.05) is 98.1 Å². The Labute approximate surface area is 164 Å².